The Morgan fingerprint density at radius 1 is 1.50 bits per heavy atom. The van der Waals surface area contributed by atoms with E-state index in [2.05, 4.69) is 10.1 Å². The lowest BCUT2D eigenvalue weighted by Gasteiger charge is -1.97. The molecule has 2 aromatic rings. The van der Waals surface area contributed by atoms with E-state index >= 15 is 0 Å². The highest BCUT2D eigenvalue weighted by molar-refractivity contribution is 7.08. The SMILES string of the molecule is Nc1nc(N)n(C(=O)c2ccsc2)n1. The highest BCUT2D eigenvalue weighted by atomic mass is 32.1. The number of anilines is 2. The molecule has 0 aliphatic rings. The van der Waals surface area contributed by atoms with Gasteiger partial charge >= 0.3 is 0 Å². The molecular weight excluding hydrogens is 202 g/mol. The molecule has 6 nitrogen and oxygen atoms in total. The number of nitrogens with zero attached hydrogens (tertiary/aromatic N) is 3. The Bertz CT molecular complexity index is 460. The Hall–Kier alpha value is -1.89. The number of nitrogens with two attached hydrogens (primary N) is 2. The monoisotopic (exact) mass is 209 g/mol. The van der Waals surface area contributed by atoms with Crippen molar-refractivity contribution >= 4 is 29.1 Å². The second kappa shape index (κ2) is 3.11. The largest absolute Gasteiger partial charge is 0.368 e. The van der Waals surface area contributed by atoms with E-state index in [0.717, 1.165) is 4.68 Å². The molecule has 0 aromatic carbocycles. The molecule has 0 aliphatic heterocycles. The van der Waals surface area contributed by atoms with Crippen LogP contribution >= 0.6 is 11.3 Å². The molecular formula is C7H7N5OS. The van der Waals surface area contributed by atoms with Crippen LogP contribution in [0.2, 0.25) is 0 Å². The molecule has 0 unspecified atom stereocenters. The highest BCUT2D eigenvalue weighted by Crippen LogP contribution is 2.10. The fourth-order valence-corrected chi connectivity index (χ4v) is 1.63. The number of nitrogen functional groups attached to an aromatic ring is 2. The number of thiophene rings is 1. The molecule has 7 heteroatoms. The summed E-state index contributed by atoms with van der Waals surface area (Å²) >= 11 is 1.42. The van der Waals surface area contributed by atoms with Gasteiger partial charge in [0.05, 0.1) is 5.56 Å². The number of hydrogen-bond acceptors (Lipinski definition) is 6. The van der Waals surface area contributed by atoms with Gasteiger partial charge in [-0.15, -0.1) is 5.10 Å². The van der Waals surface area contributed by atoms with E-state index in [9.17, 15) is 4.79 Å². The highest BCUT2D eigenvalue weighted by Gasteiger charge is 2.14. The van der Waals surface area contributed by atoms with Crippen molar-refractivity contribution in [3.05, 3.63) is 22.4 Å². The number of rotatable bonds is 1. The van der Waals surface area contributed by atoms with Crippen LogP contribution in [-0.2, 0) is 0 Å². The van der Waals surface area contributed by atoms with Crippen molar-refractivity contribution < 1.29 is 4.79 Å². The summed E-state index contributed by atoms with van der Waals surface area (Å²) in [6.07, 6.45) is 0. The number of carbonyl (C=O) groups is 1. The van der Waals surface area contributed by atoms with Gasteiger partial charge in [0.1, 0.15) is 0 Å². The van der Waals surface area contributed by atoms with Crippen LogP contribution in [0.4, 0.5) is 11.9 Å². The van der Waals surface area contributed by atoms with Crippen LogP contribution < -0.4 is 11.5 Å². The lowest BCUT2D eigenvalue weighted by atomic mass is 10.3. The van der Waals surface area contributed by atoms with Crippen LogP contribution in [0, 0.1) is 0 Å². The quantitative estimate of drug-likeness (QED) is 0.698. The summed E-state index contributed by atoms with van der Waals surface area (Å²) in [6.45, 7) is 0. The molecule has 4 N–H and O–H groups in total. The van der Waals surface area contributed by atoms with Crippen molar-refractivity contribution in [1.29, 1.82) is 0 Å². The first-order chi connectivity index (χ1) is 6.68. The summed E-state index contributed by atoms with van der Waals surface area (Å²) in [4.78, 5) is 15.3. The number of hydrogen-bond donors (Lipinski definition) is 2. The van der Waals surface area contributed by atoms with Crippen LogP contribution in [-0.4, -0.2) is 20.7 Å². The van der Waals surface area contributed by atoms with Gasteiger partial charge in [-0.25, -0.2) is 0 Å². The molecule has 72 valence electrons. The minimum absolute atomic E-state index is 0.00120. The van der Waals surface area contributed by atoms with Crippen molar-refractivity contribution in [3.8, 4) is 0 Å². The molecule has 0 bridgehead atoms. The molecule has 0 spiro atoms. The third-order valence-corrected chi connectivity index (χ3v) is 2.29. The van der Waals surface area contributed by atoms with E-state index in [1.54, 1.807) is 16.8 Å². The van der Waals surface area contributed by atoms with Crippen LogP contribution in [0.3, 0.4) is 0 Å². The molecule has 2 heterocycles. The summed E-state index contributed by atoms with van der Waals surface area (Å²) in [5, 5.41) is 7.18. The maximum atomic E-state index is 11.7. The predicted molar refractivity (Wildman–Crippen MR) is 52.9 cm³/mol. The van der Waals surface area contributed by atoms with Gasteiger partial charge in [-0.2, -0.15) is 21.0 Å². The first-order valence-corrected chi connectivity index (χ1v) is 4.67. The lowest BCUT2D eigenvalue weighted by Crippen LogP contribution is -2.15. The van der Waals surface area contributed by atoms with E-state index < -0.39 is 0 Å². The average molecular weight is 209 g/mol. The standard InChI is InChI=1S/C7H7N5OS/c8-6-10-7(9)12(11-6)5(13)4-1-2-14-3-4/h1-3H,(H4,8,9,10,11). The topological polar surface area (TPSA) is 99.8 Å². The fourth-order valence-electron chi connectivity index (χ4n) is 0.999. The fraction of sp³-hybridized carbons (Fsp3) is 0. The van der Waals surface area contributed by atoms with E-state index in [-0.39, 0.29) is 17.8 Å². The van der Waals surface area contributed by atoms with Crippen molar-refractivity contribution in [1.82, 2.24) is 14.8 Å². The zero-order chi connectivity index (χ0) is 10.1. The third-order valence-electron chi connectivity index (χ3n) is 1.61. The maximum absolute atomic E-state index is 11.7. The molecule has 0 saturated heterocycles. The second-order valence-corrected chi connectivity index (χ2v) is 3.34. The van der Waals surface area contributed by atoms with Gasteiger partial charge in [-0.3, -0.25) is 4.79 Å². The normalized spacial score (nSPS) is 10.3. The second-order valence-electron chi connectivity index (χ2n) is 2.56. The van der Waals surface area contributed by atoms with Crippen molar-refractivity contribution in [2.45, 2.75) is 0 Å². The van der Waals surface area contributed by atoms with E-state index in [4.69, 9.17) is 11.5 Å². The van der Waals surface area contributed by atoms with Gasteiger partial charge in [0, 0.05) is 5.38 Å². The maximum Gasteiger partial charge on any atom is 0.282 e. The van der Waals surface area contributed by atoms with Gasteiger partial charge in [0.25, 0.3) is 5.91 Å². The summed E-state index contributed by atoms with van der Waals surface area (Å²) < 4.78 is 0.984. The van der Waals surface area contributed by atoms with E-state index in [1.807, 2.05) is 0 Å². The molecule has 0 saturated carbocycles. The third kappa shape index (κ3) is 1.33. The van der Waals surface area contributed by atoms with E-state index in [1.165, 1.54) is 11.3 Å². The van der Waals surface area contributed by atoms with Gasteiger partial charge in [-0.05, 0) is 11.4 Å². The molecule has 0 radical (unpaired) electrons. The molecule has 2 aromatic heterocycles. The van der Waals surface area contributed by atoms with Crippen LogP contribution in [0.25, 0.3) is 0 Å². The Morgan fingerprint density at radius 2 is 2.29 bits per heavy atom. The molecule has 0 amide bonds. The van der Waals surface area contributed by atoms with Gasteiger partial charge < -0.3 is 11.5 Å². The summed E-state index contributed by atoms with van der Waals surface area (Å²) in [5.74, 6) is -0.335. The average Bonchev–Trinajstić information content (AvgIpc) is 2.73. The summed E-state index contributed by atoms with van der Waals surface area (Å²) in [6, 6.07) is 1.68. The lowest BCUT2D eigenvalue weighted by molar-refractivity contribution is 0.0948. The van der Waals surface area contributed by atoms with Crippen LogP contribution in [0.15, 0.2) is 16.8 Å². The van der Waals surface area contributed by atoms with Gasteiger partial charge in [0.15, 0.2) is 0 Å². The first kappa shape index (κ1) is 8.70. The Kier molecular flexibility index (Phi) is 1.93. The first-order valence-electron chi connectivity index (χ1n) is 3.73. The summed E-state index contributed by atoms with van der Waals surface area (Å²) in [5.41, 5.74) is 11.3. The van der Waals surface area contributed by atoms with E-state index in [0.29, 0.717) is 5.56 Å². The Morgan fingerprint density at radius 3 is 2.79 bits per heavy atom. The van der Waals surface area contributed by atoms with Crippen LogP contribution in [0.1, 0.15) is 10.4 Å². The zero-order valence-corrected chi connectivity index (χ0v) is 7.86. The molecule has 0 aliphatic carbocycles. The predicted octanol–water partition coefficient (Wildman–Crippen LogP) is 0.192. The van der Waals surface area contributed by atoms with Crippen molar-refractivity contribution in [2.24, 2.45) is 0 Å². The zero-order valence-electron chi connectivity index (χ0n) is 7.04. The van der Waals surface area contributed by atoms with Gasteiger partial charge in [0.2, 0.25) is 11.9 Å². The smallest absolute Gasteiger partial charge is 0.282 e. The number of aromatic nitrogens is 3. The number of carbonyl (C=O) groups excluding carboxylic acids is 1. The van der Waals surface area contributed by atoms with Crippen LogP contribution in [0.5, 0.6) is 0 Å². The van der Waals surface area contributed by atoms with Crippen molar-refractivity contribution in [3.63, 3.8) is 0 Å². The Balaban J connectivity index is 2.41. The molecule has 2 rings (SSSR count). The summed E-state index contributed by atoms with van der Waals surface area (Å²) in [7, 11) is 0. The molecule has 0 atom stereocenters. The van der Waals surface area contributed by atoms with Crippen molar-refractivity contribution in [2.75, 3.05) is 11.5 Å². The minimum atomic E-state index is -0.326. The van der Waals surface area contributed by atoms with Gasteiger partial charge in [-0.1, -0.05) is 0 Å². The molecule has 0 fully saturated rings. The Labute approximate surface area is 83.2 Å². The molecule has 14 heavy (non-hydrogen) atoms. The minimum Gasteiger partial charge on any atom is -0.368 e.